The minimum atomic E-state index is -4.37. The lowest BCUT2D eigenvalue weighted by Gasteiger charge is -2.19. The van der Waals surface area contributed by atoms with Crippen LogP contribution in [0.25, 0.3) is 0 Å². The summed E-state index contributed by atoms with van der Waals surface area (Å²) in [5, 5.41) is 0. The summed E-state index contributed by atoms with van der Waals surface area (Å²) >= 11 is 0. The highest BCUT2D eigenvalue weighted by Gasteiger charge is 2.25. The Morgan fingerprint density at radius 1 is 0.612 bits per heavy atom. The number of hydrogen-bond donors (Lipinski definition) is 2. The Kier molecular flexibility index (Phi) is 34.7. The first kappa shape index (κ1) is 47.2. The minimum Gasteiger partial charge on any atom is -0.462 e. The van der Waals surface area contributed by atoms with Gasteiger partial charge in [-0.1, -0.05) is 121 Å². The number of ether oxygens (including phenoxy) is 2. The van der Waals surface area contributed by atoms with Gasteiger partial charge in [-0.2, -0.15) is 0 Å². The molecule has 2 atom stereocenters. The van der Waals surface area contributed by atoms with Crippen LogP contribution in [-0.2, 0) is 32.7 Å². The van der Waals surface area contributed by atoms with Gasteiger partial charge in [-0.15, -0.1) is 0 Å². The minimum absolute atomic E-state index is 0.0495. The summed E-state index contributed by atoms with van der Waals surface area (Å²) in [5.74, 6) is -0.857. The van der Waals surface area contributed by atoms with Gasteiger partial charge in [0.1, 0.15) is 6.61 Å². The summed E-state index contributed by atoms with van der Waals surface area (Å²) < 4.78 is 32.6. The molecule has 0 saturated heterocycles. The summed E-state index contributed by atoms with van der Waals surface area (Å²) in [5.41, 5.74) is 5.33. The van der Waals surface area contributed by atoms with E-state index in [0.29, 0.717) is 12.8 Å². The molecular formula is C39H72NO8P. The van der Waals surface area contributed by atoms with E-state index in [-0.39, 0.29) is 32.6 Å². The lowest BCUT2D eigenvalue weighted by Crippen LogP contribution is -2.29. The Bertz CT molecular complexity index is 907. The maximum absolute atomic E-state index is 12.5. The van der Waals surface area contributed by atoms with Crippen LogP contribution in [0.3, 0.4) is 0 Å². The number of phosphoric ester groups is 1. The fourth-order valence-electron chi connectivity index (χ4n) is 5.07. The van der Waals surface area contributed by atoms with E-state index in [0.717, 1.165) is 70.6 Å². The molecule has 0 saturated carbocycles. The number of esters is 2. The van der Waals surface area contributed by atoms with E-state index < -0.39 is 32.5 Å². The highest BCUT2D eigenvalue weighted by molar-refractivity contribution is 7.47. The molecule has 0 aliphatic heterocycles. The van der Waals surface area contributed by atoms with Crippen molar-refractivity contribution in [2.75, 3.05) is 26.4 Å². The Morgan fingerprint density at radius 3 is 1.61 bits per heavy atom. The summed E-state index contributed by atoms with van der Waals surface area (Å²) in [4.78, 5) is 34.7. The second kappa shape index (κ2) is 36.0. The molecule has 0 aliphatic carbocycles. The molecule has 0 aromatic heterocycles. The van der Waals surface area contributed by atoms with Gasteiger partial charge >= 0.3 is 19.8 Å². The Labute approximate surface area is 299 Å². The van der Waals surface area contributed by atoms with Crippen molar-refractivity contribution < 1.29 is 37.6 Å². The molecule has 9 nitrogen and oxygen atoms in total. The van der Waals surface area contributed by atoms with E-state index in [1.807, 2.05) is 0 Å². The summed E-state index contributed by atoms with van der Waals surface area (Å²) in [6.45, 7) is 3.65. The molecule has 0 bridgehead atoms. The highest BCUT2D eigenvalue weighted by Crippen LogP contribution is 2.43. The maximum Gasteiger partial charge on any atom is 0.472 e. The van der Waals surface area contributed by atoms with Crippen LogP contribution in [0.4, 0.5) is 0 Å². The predicted octanol–water partition coefficient (Wildman–Crippen LogP) is 10.6. The van der Waals surface area contributed by atoms with E-state index in [2.05, 4.69) is 50.3 Å². The molecule has 0 radical (unpaired) electrons. The van der Waals surface area contributed by atoms with Crippen molar-refractivity contribution in [1.82, 2.24) is 0 Å². The third kappa shape index (κ3) is 35.8. The van der Waals surface area contributed by atoms with Crippen molar-refractivity contribution in [3.05, 3.63) is 36.5 Å². The van der Waals surface area contributed by atoms with Crippen molar-refractivity contribution in [1.29, 1.82) is 0 Å². The van der Waals surface area contributed by atoms with Crippen LogP contribution in [0.5, 0.6) is 0 Å². The number of rotatable bonds is 36. The molecule has 0 rings (SSSR count). The molecule has 10 heteroatoms. The number of hydrogen-bond acceptors (Lipinski definition) is 8. The number of carbonyl (C=O) groups is 2. The molecule has 286 valence electrons. The SMILES string of the molecule is CCCCCC=CCC=CCCCCCCCC(=O)OCC(COP(=O)(O)OCCN)OC(=O)CCCCCCCC=CCCCCCC. The molecule has 3 N–H and O–H groups in total. The van der Waals surface area contributed by atoms with Crippen LogP contribution in [0.2, 0.25) is 0 Å². The van der Waals surface area contributed by atoms with Crippen LogP contribution in [-0.4, -0.2) is 49.3 Å². The van der Waals surface area contributed by atoms with Crippen molar-refractivity contribution in [2.45, 2.75) is 174 Å². The zero-order valence-corrected chi connectivity index (χ0v) is 32.1. The van der Waals surface area contributed by atoms with Gasteiger partial charge in [0.15, 0.2) is 6.10 Å². The van der Waals surface area contributed by atoms with E-state index in [1.54, 1.807) is 0 Å². The van der Waals surface area contributed by atoms with E-state index in [9.17, 15) is 19.0 Å². The summed E-state index contributed by atoms with van der Waals surface area (Å²) in [7, 11) is -4.37. The first-order chi connectivity index (χ1) is 23.8. The van der Waals surface area contributed by atoms with Gasteiger partial charge in [0.2, 0.25) is 0 Å². The maximum atomic E-state index is 12.5. The van der Waals surface area contributed by atoms with E-state index >= 15 is 0 Å². The van der Waals surface area contributed by atoms with Crippen molar-refractivity contribution in [3.63, 3.8) is 0 Å². The van der Waals surface area contributed by atoms with Crippen LogP contribution in [0.1, 0.15) is 168 Å². The van der Waals surface area contributed by atoms with Crippen molar-refractivity contribution in [2.24, 2.45) is 5.73 Å². The Hall–Kier alpha value is -1.77. The zero-order chi connectivity index (χ0) is 36.1. The normalized spacial score (nSPS) is 13.8. The molecule has 0 fully saturated rings. The average molecular weight is 714 g/mol. The first-order valence-electron chi connectivity index (χ1n) is 19.5. The second-order valence-electron chi connectivity index (χ2n) is 12.8. The molecule has 0 aliphatic rings. The molecule has 0 aromatic carbocycles. The summed E-state index contributed by atoms with van der Waals surface area (Å²) in [6, 6.07) is 0. The fraction of sp³-hybridized carbons (Fsp3) is 0.795. The monoisotopic (exact) mass is 713 g/mol. The number of nitrogens with two attached hydrogens (primary N) is 1. The lowest BCUT2D eigenvalue weighted by atomic mass is 10.1. The standard InChI is InChI=1S/C39H72NO8P/c1-3-5-7-9-11-13-15-17-18-20-21-23-25-27-29-31-38(41)45-35-37(36-47-49(43,44)46-34-33-40)48-39(42)32-30-28-26-24-22-19-16-14-12-10-8-6-4-2/h11,13-14,16-18,37H,3-10,12,15,19-36,40H2,1-2H3,(H,43,44). The highest BCUT2D eigenvalue weighted by atomic mass is 31.2. The number of phosphoric acid groups is 1. The van der Waals surface area contributed by atoms with Crippen LogP contribution < -0.4 is 5.73 Å². The van der Waals surface area contributed by atoms with Gasteiger partial charge in [-0.3, -0.25) is 18.6 Å². The first-order valence-corrected chi connectivity index (χ1v) is 21.0. The van der Waals surface area contributed by atoms with Gasteiger partial charge in [0, 0.05) is 19.4 Å². The lowest BCUT2D eigenvalue weighted by molar-refractivity contribution is -0.161. The molecular weight excluding hydrogens is 641 g/mol. The van der Waals surface area contributed by atoms with Gasteiger partial charge in [0.25, 0.3) is 0 Å². The number of carbonyl (C=O) groups excluding carboxylic acids is 2. The van der Waals surface area contributed by atoms with Crippen LogP contribution in [0, 0.1) is 0 Å². The van der Waals surface area contributed by atoms with Crippen LogP contribution >= 0.6 is 7.82 Å². The van der Waals surface area contributed by atoms with Gasteiger partial charge in [-0.25, -0.2) is 4.57 Å². The Morgan fingerprint density at radius 2 is 1.06 bits per heavy atom. The van der Waals surface area contributed by atoms with E-state index in [1.165, 1.54) is 57.8 Å². The molecule has 49 heavy (non-hydrogen) atoms. The largest absolute Gasteiger partial charge is 0.472 e. The third-order valence-corrected chi connectivity index (χ3v) is 8.98. The molecule has 0 spiro atoms. The fourth-order valence-corrected chi connectivity index (χ4v) is 5.83. The second-order valence-corrected chi connectivity index (χ2v) is 14.2. The molecule has 0 aromatic rings. The third-order valence-electron chi connectivity index (χ3n) is 8.00. The van der Waals surface area contributed by atoms with Crippen LogP contribution in [0.15, 0.2) is 36.5 Å². The molecule has 0 amide bonds. The van der Waals surface area contributed by atoms with Gasteiger partial charge < -0.3 is 20.1 Å². The van der Waals surface area contributed by atoms with E-state index in [4.69, 9.17) is 24.3 Å². The summed E-state index contributed by atoms with van der Waals surface area (Å²) in [6.07, 6.45) is 37.4. The topological polar surface area (TPSA) is 134 Å². The quantitative estimate of drug-likeness (QED) is 0.0281. The van der Waals surface area contributed by atoms with Gasteiger partial charge in [0.05, 0.1) is 13.2 Å². The molecule has 2 unspecified atom stereocenters. The smallest absolute Gasteiger partial charge is 0.462 e. The predicted molar refractivity (Wildman–Crippen MR) is 201 cm³/mol. The zero-order valence-electron chi connectivity index (χ0n) is 31.2. The van der Waals surface area contributed by atoms with Gasteiger partial charge in [-0.05, 0) is 70.6 Å². The molecule has 0 heterocycles. The van der Waals surface area contributed by atoms with Crippen molar-refractivity contribution >= 4 is 19.8 Å². The van der Waals surface area contributed by atoms with Crippen molar-refractivity contribution in [3.8, 4) is 0 Å². The average Bonchev–Trinajstić information content (AvgIpc) is 3.08. The number of allylic oxidation sites excluding steroid dienone is 6. The number of unbranched alkanes of at least 4 members (excludes halogenated alkanes) is 17. The Balaban J connectivity index is 4.25.